The summed E-state index contributed by atoms with van der Waals surface area (Å²) in [7, 11) is 1.68. The lowest BCUT2D eigenvalue weighted by Crippen LogP contribution is -2.48. The predicted molar refractivity (Wildman–Crippen MR) is 108 cm³/mol. The molecule has 1 saturated heterocycles. The molecule has 0 aromatic carbocycles. The van der Waals surface area contributed by atoms with Crippen LogP contribution in [0.5, 0.6) is 0 Å². The molecule has 4 nitrogen and oxygen atoms in total. The van der Waals surface area contributed by atoms with E-state index < -0.39 is 12.7 Å². The molecule has 0 spiro atoms. The van der Waals surface area contributed by atoms with Crippen molar-refractivity contribution in [1.82, 2.24) is 15.5 Å². The third-order valence-electron chi connectivity index (χ3n) is 3.93. The molecular formula is C16H26F3IN4S. The first-order chi connectivity index (χ1) is 11.2. The summed E-state index contributed by atoms with van der Waals surface area (Å²) in [6, 6.07) is 4.42. The smallest absolute Gasteiger partial charge is 0.354 e. The first-order valence-corrected chi connectivity index (χ1v) is 8.91. The number of hydrogen-bond acceptors (Lipinski definition) is 3. The summed E-state index contributed by atoms with van der Waals surface area (Å²) in [5, 5.41) is 6.56. The number of rotatable bonds is 5. The zero-order valence-electron chi connectivity index (χ0n) is 14.7. The van der Waals surface area contributed by atoms with Crippen molar-refractivity contribution in [1.29, 1.82) is 0 Å². The number of aryl methyl sites for hydroxylation is 1. The lowest BCUT2D eigenvalue weighted by molar-refractivity contribution is -0.143. The molecule has 0 amide bonds. The fourth-order valence-electron chi connectivity index (χ4n) is 2.89. The van der Waals surface area contributed by atoms with Gasteiger partial charge in [-0.2, -0.15) is 13.2 Å². The highest BCUT2D eigenvalue weighted by Crippen LogP contribution is 2.20. The zero-order chi connectivity index (χ0) is 17.7. The number of alkyl halides is 3. The second-order valence-corrected chi connectivity index (χ2v) is 7.69. The Bertz CT molecular complexity index is 562. The van der Waals surface area contributed by atoms with E-state index >= 15 is 0 Å². The standard InChI is InChI=1S/C16H25F3N4S.HI/c1-11(8-14-5-4-12(2)24-14)21-15(20-3)22-13-6-7-23(9-13)10-16(17,18)19;/h4-5,11,13H,6-10H2,1-3H3,(H2,20,21,22);1H. The van der Waals surface area contributed by atoms with E-state index in [1.54, 1.807) is 18.4 Å². The minimum Gasteiger partial charge on any atom is -0.354 e. The maximum atomic E-state index is 12.4. The lowest BCUT2D eigenvalue weighted by Gasteiger charge is -2.22. The van der Waals surface area contributed by atoms with Crippen LogP contribution in [0.3, 0.4) is 0 Å². The average molecular weight is 490 g/mol. The summed E-state index contributed by atoms with van der Waals surface area (Å²) < 4.78 is 37.3. The van der Waals surface area contributed by atoms with Gasteiger partial charge in [-0.25, -0.2) is 0 Å². The molecule has 0 aliphatic carbocycles. The monoisotopic (exact) mass is 490 g/mol. The van der Waals surface area contributed by atoms with Crippen LogP contribution in [0.4, 0.5) is 13.2 Å². The van der Waals surface area contributed by atoms with Gasteiger partial charge in [-0.15, -0.1) is 35.3 Å². The molecule has 0 radical (unpaired) electrons. The Hall–Kier alpha value is -0.550. The highest BCUT2D eigenvalue weighted by atomic mass is 127. The molecule has 1 aliphatic rings. The third kappa shape index (κ3) is 8.12. The van der Waals surface area contributed by atoms with Gasteiger partial charge in [0.25, 0.3) is 0 Å². The summed E-state index contributed by atoms with van der Waals surface area (Å²) in [4.78, 5) is 8.22. The number of halogens is 4. The summed E-state index contributed by atoms with van der Waals surface area (Å²) >= 11 is 1.78. The van der Waals surface area contributed by atoms with E-state index in [1.807, 2.05) is 0 Å². The van der Waals surface area contributed by atoms with Gasteiger partial charge >= 0.3 is 6.18 Å². The topological polar surface area (TPSA) is 39.7 Å². The molecule has 2 rings (SSSR count). The summed E-state index contributed by atoms with van der Waals surface area (Å²) in [6.07, 6.45) is -2.55. The minimum absolute atomic E-state index is 0. The molecule has 2 unspecified atom stereocenters. The highest BCUT2D eigenvalue weighted by Gasteiger charge is 2.34. The molecule has 1 aliphatic heterocycles. The zero-order valence-corrected chi connectivity index (χ0v) is 17.8. The average Bonchev–Trinajstić information content (AvgIpc) is 3.05. The van der Waals surface area contributed by atoms with E-state index in [0.29, 0.717) is 25.5 Å². The number of likely N-dealkylation sites (tertiary alicyclic amines) is 1. The maximum absolute atomic E-state index is 12.4. The Balaban J connectivity index is 0.00000312. The molecule has 144 valence electrons. The van der Waals surface area contributed by atoms with Crippen molar-refractivity contribution >= 4 is 41.3 Å². The normalized spacial score (nSPS) is 20.2. The molecule has 1 fully saturated rings. The number of aliphatic imine (C=N–C) groups is 1. The first-order valence-electron chi connectivity index (χ1n) is 8.09. The first kappa shape index (κ1) is 22.5. The van der Waals surface area contributed by atoms with Crippen molar-refractivity contribution in [3.63, 3.8) is 0 Å². The van der Waals surface area contributed by atoms with Gasteiger partial charge in [-0.1, -0.05) is 0 Å². The van der Waals surface area contributed by atoms with Crippen LogP contribution in [0.15, 0.2) is 17.1 Å². The van der Waals surface area contributed by atoms with Crippen LogP contribution in [-0.2, 0) is 6.42 Å². The molecule has 1 aromatic heterocycles. The fourth-order valence-corrected chi connectivity index (χ4v) is 3.91. The van der Waals surface area contributed by atoms with Gasteiger partial charge in [0.05, 0.1) is 6.54 Å². The van der Waals surface area contributed by atoms with Crippen molar-refractivity contribution in [3.05, 3.63) is 21.9 Å². The van der Waals surface area contributed by atoms with Crippen molar-refractivity contribution < 1.29 is 13.2 Å². The van der Waals surface area contributed by atoms with Gasteiger partial charge in [-0.05, 0) is 32.4 Å². The molecule has 2 atom stereocenters. The number of nitrogens with one attached hydrogen (secondary N) is 2. The third-order valence-corrected chi connectivity index (χ3v) is 4.95. The second-order valence-electron chi connectivity index (χ2n) is 6.31. The number of nitrogens with zero attached hydrogens (tertiary/aromatic N) is 2. The van der Waals surface area contributed by atoms with E-state index in [4.69, 9.17) is 0 Å². The van der Waals surface area contributed by atoms with Crippen molar-refractivity contribution in [3.8, 4) is 0 Å². The van der Waals surface area contributed by atoms with Crippen LogP contribution in [0, 0.1) is 6.92 Å². The predicted octanol–water partition coefficient (Wildman–Crippen LogP) is 3.41. The van der Waals surface area contributed by atoms with Gasteiger partial charge in [0.15, 0.2) is 5.96 Å². The highest BCUT2D eigenvalue weighted by molar-refractivity contribution is 14.0. The van der Waals surface area contributed by atoms with Crippen LogP contribution < -0.4 is 10.6 Å². The summed E-state index contributed by atoms with van der Waals surface area (Å²) in [5.74, 6) is 0.648. The van der Waals surface area contributed by atoms with Gasteiger partial charge < -0.3 is 10.6 Å². The summed E-state index contributed by atoms with van der Waals surface area (Å²) in [5.41, 5.74) is 0. The molecule has 0 saturated carbocycles. The van der Waals surface area contributed by atoms with Crippen LogP contribution >= 0.6 is 35.3 Å². The molecule has 25 heavy (non-hydrogen) atoms. The number of hydrogen-bond donors (Lipinski definition) is 2. The quantitative estimate of drug-likeness (QED) is 0.378. The fraction of sp³-hybridized carbons (Fsp3) is 0.688. The molecule has 2 heterocycles. The molecular weight excluding hydrogens is 464 g/mol. The largest absolute Gasteiger partial charge is 0.401 e. The Morgan fingerprint density at radius 3 is 2.72 bits per heavy atom. The Kier molecular flexibility index (Phi) is 8.96. The number of guanidine groups is 1. The van der Waals surface area contributed by atoms with E-state index in [9.17, 15) is 13.2 Å². The van der Waals surface area contributed by atoms with Crippen LogP contribution in [0.2, 0.25) is 0 Å². The molecule has 2 N–H and O–H groups in total. The Morgan fingerprint density at radius 1 is 1.44 bits per heavy atom. The molecule has 0 bridgehead atoms. The van der Waals surface area contributed by atoms with Crippen molar-refractivity contribution in [2.45, 2.75) is 44.9 Å². The maximum Gasteiger partial charge on any atom is 0.401 e. The Morgan fingerprint density at radius 2 is 2.16 bits per heavy atom. The van der Waals surface area contributed by atoms with E-state index in [-0.39, 0.29) is 36.1 Å². The molecule has 9 heteroatoms. The molecule has 1 aromatic rings. The van der Waals surface area contributed by atoms with E-state index in [2.05, 4.69) is 41.6 Å². The summed E-state index contributed by atoms with van der Waals surface area (Å²) in [6.45, 7) is 4.16. The lowest BCUT2D eigenvalue weighted by atomic mass is 10.2. The van der Waals surface area contributed by atoms with Crippen molar-refractivity contribution in [2.24, 2.45) is 4.99 Å². The van der Waals surface area contributed by atoms with Gasteiger partial charge in [0.2, 0.25) is 0 Å². The van der Waals surface area contributed by atoms with Crippen LogP contribution in [-0.4, -0.2) is 55.8 Å². The van der Waals surface area contributed by atoms with Crippen LogP contribution in [0.1, 0.15) is 23.1 Å². The Labute approximate surface area is 168 Å². The SMILES string of the molecule is CN=C(NC(C)Cc1ccc(C)s1)NC1CCN(CC(F)(F)F)C1.I. The van der Waals surface area contributed by atoms with E-state index in [0.717, 1.165) is 6.42 Å². The van der Waals surface area contributed by atoms with E-state index in [1.165, 1.54) is 14.7 Å². The van der Waals surface area contributed by atoms with Gasteiger partial charge in [0.1, 0.15) is 0 Å². The van der Waals surface area contributed by atoms with Crippen LogP contribution in [0.25, 0.3) is 0 Å². The number of thiophene rings is 1. The second kappa shape index (κ2) is 9.96. The van der Waals surface area contributed by atoms with Crippen molar-refractivity contribution in [2.75, 3.05) is 26.7 Å². The van der Waals surface area contributed by atoms with Gasteiger partial charge in [-0.3, -0.25) is 9.89 Å². The minimum atomic E-state index is -4.14. The van der Waals surface area contributed by atoms with Gasteiger partial charge in [0, 0.05) is 48.4 Å².